The minimum atomic E-state index is -3.81. The lowest BCUT2D eigenvalue weighted by molar-refractivity contribution is -0.130. The third-order valence-corrected chi connectivity index (χ3v) is 8.34. The highest BCUT2D eigenvalue weighted by atomic mass is 32.2. The van der Waals surface area contributed by atoms with Crippen molar-refractivity contribution in [3.63, 3.8) is 0 Å². The van der Waals surface area contributed by atoms with Crippen molar-refractivity contribution in [3.05, 3.63) is 83.9 Å². The van der Waals surface area contributed by atoms with E-state index in [0.717, 1.165) is 27.8 Å². The number of carbonyl (C=O) groups excluding carboxylic acids is 1. The van der Waals surface area contributed by atoms with Crippen molar-refractivity contribution in [1.82, 2.24) is 25.2 Å². The molecule has 0 bridgehead atoms. The van der Waals surface area contributed by atoms with Gasteiger partial charge in [0.2, 0.25) is 15.9 Å². The summed E-state index contributed by atoms with van der Waals surface area (Å²) < 4.78 is 43.3. The molecule has 0 unspecified atom stereocenters. The fourth-order valence-electron chi connectivity index (χ4n) is 3.50. The molecule has 1 atom stereocenters. The standard InChI is InChI=1S/C23H22FN5O5S2/c24-19-11-15(6-7-20(19)30)10-18(12-22(31)27-32)29-14-17(26-28-29)13-25-36(33,34)23-9-8-21(35-23)16-4-2-1-3-5-16/h1-9,11,14,18,25,30,32H,10,12-13H2,(H,27,31)/t18-/m0/s1. The number of aromatic nitrogens is 3. The molecular formula is C23H22FN5O5S2. The van der Waals surface area contributed by atoms with Crippen LogP contribution < -0.4 is 10.2 Å². The van der Waals surface area contributed by atoms with Gasteiger partial charge in [-0.2, -0.15) is 0 Å². The van der Waals surface area contributed by atoms with E-state index in [1.165, 1.54) is 29.1 Å². The fraction of sp³-hybridized carbons (Fsp3) is 0.174. The maximum Gasteiger partial charge on any atom is 0.250 e. The number of hydrogen-bond donors (Lipinski definition) is 4. The predicted octanol–water partition coefficient (Wildman–Crippen LogP) is 3.01. The maximum atomic E-state index is 13.7. The second kappa shape index (κ2) is 11.0. The number of thiophene rings is 1. The highest BCUT2D eigenvalue weighted by molar-refractivity contribution is 7.91. The van der Waals surface area contributed by atoms with Crippen LogP contribution in [0.3, 0.4) is 0 Å². The molecule has 0 aliphatic carbocycles. The van der Waals surface area contributed by atoms with E-state index < -0.39 is 33.5 Å². The Morgan fingerprint density at radius 2 is 1.92 bits per heavy atom. The lowest BCUT2D eigenvalue weighted by Gasteiger charge is -2.16. The Hall–Kier alpha value is -3.65. The van der Waals surface area contributed by atoms with E-state index in [0.29, 0.717) is 11.3 Å². The molecular weight excluding hydrogens is 509 g/mol. The van der Waals surface area contributed by atoms with Gasteiger partial charge in [-0.05, 0) is 41.8 Å². The molecule has 2 aromatic carbocycles. The molecule has 0 aliphatic rings. The van der Waals surface area contributed by atoms with Crippen molar-refractivity contribution in [1.29, 1.82) is 0 Å². The molecule has 0 aliphatic heterocycles. The number of hydrogen-bond acceptors (Lipinski definition) is 8. The summed E-state index contributed by atoms with van der Waals surface area (Å²) in [5.41, 5.74) is 3.24. The summed E-state index contributed by atoms with van der Waals surface area (Å²) in [5.74, 6) is -2.00. The van der Waals surface area contributed by atoms with Crippen LogP contribution >= 0.6 is 11.3 Å². The van der Waals surface area contributed by atoms with E-state index in [-0.39, 0.29) is 23.6 Å². The smallest absolute Gasteiger partial charge is 0.250 e. The van der Waals surface area contributed by atoms with Crippen LogP contribution in [0.15, 0.2) is 71.1 Å². The fourth-order valence-corrected chi connectivity index (χ4v) is 5.86. The minimum absolute atomic E-state index is 0.136. The van der Waals surface area contributed by atoms with E-state index in [9.17, 15) is 22.7 Å². The summed E-state index contributed by atoms with van der Waals surface area (Å²) >= 11 is 1.14. The van der Waals surface area contributed by atoms with Crippen LogP contribution in [-0.4, -0.2) is 39.6 Å². The molecule has 13 heteroatoms. The molecule has 4 rings (SSSR count). The Kier molecular flexibility index (Phi) is 7.74. The number of nitrogens with one attached hydrogen (secondary N) is 2. The first kappa shape index (κ1) is 25.4. The number of nitrogens with zero attached hydrogens (tertiary/aromatic N) is 3. The average molecular weight is 532 g/mol. The van der Waals surface area contributed by atoms with Gasteiger partial charge in [0.25, 0.3) is 0 Å². The van der Waals surface area contributed by atoms with Crippen molar-refractivity contribution >= 4 is 27.3 Å². The molecule has 0 fully saturated rings. The van der Waals surface area contributed by atoms with Gasteiger partial charge in [-0.25, -0.2) is 27.7 Å². The van der Waals surface area contributed by atoms with E-state index >= 15 is 0 Å². The predicted molar refractivity (Wildman–Crippen MR) is 129 cm³/mol. The van der Waals surface area contributed by atoms with Crippen molar-refractivity contribution < 1.29 is 27.9 Å². The van der Waals surface area contributed by atoms with Gasteiger partial charge >= 0.3 is 0 Å². The van der Waals surface area contributed by atoms with Gasteiger partial charge in [0.15, 0.2) is 11.6 Å². The van der Waals surface area contributed by atoms with E-state index in [1.54, 1.807) is 11.5 Å². The molecule has 2 heterocycles. The topological polar surface area (TPSA) is 146 Å². The van der Waals surface area contributed by atoms with Crippen LogP contribution in [0.2, 0.25) is 0 Å². The Balaban J connectivity index is 1.46. The second-order valence-electron chi connectivity index (χ2n) is 7.88. The zero-order valence-corrected chi connectivity index (χ0v) is 20.3. The van der Waals surface area contributed by atoms with Crippen LogP contribution in [0.1, 0.15) is 23.7 Å². The molecule has 0 spiro atoms. The molecule has 188 valence electrons. The van der Waals surface area contributed by atoms with Crippen LogP contribution in [0, 0.1) is 5.82 Å². The number of benzene rings is 2. The van der Waals surface area contributed by atoms with Gasteiger partial charge < -0.3 is 5.11 Å². The van der Waals surface area contributed by atoms with Crippen LogP contribution in [0.5, 0.6) is 5.75 Å². The van der Waals surface area contributed by atoms with Gasteiger partial charge in [0, 0.05) is 4.88 Å². The van der Waals surface area contributed by atoms with Gasteiger partial charge in [0.05, 0.1) is 30.9 Å². The number of amides is 1. The number of sulfonamides is 1. The third kappa shape index (κ3) is 6.12. The van der Waals surface area contributed by atoms with Crippen molar-refractivity contribution in [3.8, 4) is 16.2 Å². The maximum absolute atomic E-state index is 13.7. The zero-order chi connectivity index (χ0) is 25.7. The molecule has 4 N–H and O–H groups in total. The van der Waals surface area contributed by atoms with Crippen molar-refractivity contribution in [2.24, 2.45) is 0 Å². The van der Waals surface area contributed by atoms with E-state index in [1.807, 2.05) is 30.3 Å². The van der Waals surface area contributed by atoms with Crippen LogP contribution in [0.4, 0.5) is 4.39 Å². The molecule has 2 aromatic heterocycles. The Morgan fingerprint density at radius 3 is 2.64 bits per heavy atom. The van der Waals surface area contributed by atoms with Gasteiger partial charge in [-0.1, -0.05) is 41.6 Å². The van der Waals surface area contributed by atoms with Crippen molar-refractivity contribution in [2.45, 2.75) is 29.6 Å². The summed E-state index contributed by atoms with van der Waals surface area (Å²) in [6.45, 7) is -0.145. The number of aromatic hydroxyl groups is 1. The number of rotatable bonds is 10. The lowest BCUT2D eigenvalue weighted by atomic mass is 10.0. The Morgan fingerprint density at radius 1 is 1.14 bits per heavy atom. The summed E-state index contributed by atoms with van der Waals surface area (Å²) in [4.78, 5) is 12.6. The highest BCUT2D eigenvalue weighted by Crippen LogP contribution is 2.30. The second-order valence-corrected chi connectivity index (χ2v) is 11.0. The molecule has 10 nitrogen and oxygen atoms in total. The number of hydroxylamine groups is 1. The Bertz CT molecular complexity index is 1460. The highest BCUT2D eigenvalue weighted by Gasteiger charge is 2.21. The molecule has 36 heavy (non-hydrogen) atoms. The van der Waals surface area contributed by atoms with Crippen molar-refractivity contribution in [2.75, 3.05) is 0 Å². The van der Waals surface area contributed by atoms with E-state index in [2.05, 4.69) is 15.0 Å². The largest absolute Gasteiger partial charge is 0.505 e. The first-order valence-corrected chi connectivity index (χ1v) is 13.0. The number of phenols is 1. The molecule has 1 amide bonds. The number of phenolic OH excluding ortho intramolecular Hbond substituents is 1. The zero-order valence-electron chi connectivity index (χ0n) is 18.7. The summed E-state index contributed by atoms with van der Waals surface area (Å²) in [6.07, 6.45) is 1.40. The normalized spacial score (nSPS) is 12.4. The van der Waals surface area contributed by atoms with Gasteiger partial charge in [-0.3, -0.25) is 10.0 Å². The first-order chi connectivity index (χ1) is 17.2. The summed E-state index contributed by atoms with van der Waals surface area (Å²) in [5, 5.41) is 26.3. The molecule has 0 saturated carbocycles. The Labute approximate surface area is 210 Å². The third-order valence-electron chi connectivity index (χ3n) is 5.31. The number of halogens is 1. The first-order valence-electron chi connectivity index (χ1n) is 10.7. The molecule has 0 saturated heterocycles. The lowest BCUT2D eigenvalue weighted by Crippen LogP contribution is -2.25. The number of carbonyl (C=O) groups is 1. The van der Waals surface area contributed by atoms with Gasteiger partial charge in [-0.15, -0.1) is 16.4 Å². The van der Waals surface area contributed by atoms with E-state index in [4.69, 9.17) is 5.21 Å². The quantitative estimate of drug-likeness (QED) is 0.182. The average Bonchev–Trinajstić information content (AvgIpc) is 3.56. The van der Waals surface area contributed by atoms with Gasteiger partial charge in [0.1, 0.15) is 4.21 Å². The summed E-state index contributed by atoms with van der Waals surface area (Å²) in [7, 11) is -3.81. The molecule has 0 radical (unpaired) electrons. The van der Waals surface area contributed by atoms with Crippen LogP contribution in [-0.2, 0) is 27.8 Å². The van der Waals surface area contributed by atoms with Crippen LogP contribution in [0.25, 0.3) is 10.4 Å². The SMILES string of the molecule is O=C(C[C@H](Cc1ccc(O)c(F)c1)n1cc(CNS(=O)(=O)c2ccc(-c3ccccc3)s2)nn1)NO. The monoisotopic (exact) mass is 531 g/mol. The molecule has 4 aromatic rings. The minimum Gasteiger partial charge on any atom is -0.505 e. The summed E-state index contributed by atoms with van der Waals surface area (Å²) in [6, 6.07) is 15.9.